The zero-order valence-corrected chi connectivity index (χ0v) is 26.0. The lowest BCUT2D eigenvalue weighted by atomic mass is 10.0. The number of aliphatic imine (C=N–C) groups is 1. The van der Waals surface area contributed by atoms with Crippen LogP contribution in [0.3, 0.4) is 0 Å². The Hall–Kier alpha value is -5.51. The molecule has 254 valence electrons. The van der Waals surface area contributed by atoms with E-state index in [9.17, 15) is 28.8 Å². The summed E-state index contributed by atoms with van der Waals surface area (Å²) in [5.41, 5.74) is 29.1. The molecule has 0 aliphatic rings. The van der Waals surface area contributed by atoms with Crippen LogP contribution < -0.4 is 49.9 Å². The molecule has 4 atom stereocenters. The Morgan fingerprint density at radius 1 is 0.660 bits per heavy atom. The highest BCUT2D eigenvalue weighted by Gasteiger charge is 2.28. The van der Waals surface area contributed by atoms with Crippen LogP contribution in [0.4, 0.5) is 0 Å². The minimum absolute atomic E-state index is 0.0791. The first-order valence-corrected chi connectivity index (χ1v) is 15.0. The van der Waals surface area contributed by atoms with Gasteiger partial charge in [-0.05, 0) is 36.8 Å². The van der Waals surface area contributed by atoms with Crippen molar-refractivity contribution in [1.29, 1.82) is 0 Å². The summed E-state index contributed by atoms with van der Waals surface area (Å²) < 4.78 is 0. The fraction of sp³-hybridized carbons (Fsp3) is 0.387. The average molecular weight is 653 g/mol. The van der Waals surface area contributed by atoms with Gasteiger partial charge >= 0.3 is 0 Å². The third-order valence-electron chi connectivity index (χ3n) is 6.91. The summed E-state index contributed by atoms with van der Waals surface area (Å²) in [6.07, 6.45) is 0.329. The standard InChI is InChI=1S/C31H44N10O6/c32-21(16-19-8-3-1-4-9-19)28(45)40-23(13-14-25(33)42)29(46)38-18-26(43)39-22(12-7-15-37-31(35)36)30(47)41-24(27(34)44)17-20-10-5-2-6-11-20/h1-6,8-11,21-24H,7,12-18,32H2,(H2,33,42)(H2,34,44)(H,38,46)(H,39,43)(H,40,45)(H,41,47)(H4,35,36,37)/t21-,22-,23-,24-/m0/s1. The van der Waals surface area contributed by atoms with E-state index in [2.05, 4.69) is 26.3 Å². The van der Waals surface area contributed by atoms with Gasteiger partial charge in [0.1, 0.15) is 18.1 Å². The molecule has 0 saturated heterocycles. The number of benzene rings is 2. The number of primary amides is 2. The fourth-order valence-corrected chi connectivity index (χ4v) is 4.45. The van der Waals surface area contributed by atoms with Gasteiger partial charge in [-0.2, -0.15) is 0 Å². The molecule has 16 nitrogen and oxygen atoms in total. The van der Waals surface area contributed by atoms with Crippen LogP contribution in [-0.2, 0) is 41.6 Å². The molecule has 0 aliphatic heterocycles. The van der Waals surface area contributed by atoms with Gasteiger partial charge in [0.15, 0.2) is 5.96 Å². The quantitative estimate of drug-likeness (QED) is 0.0404. The summed E-state index contributed by atoms with van der Waals surface area (Å²) in [5, 5.41) is 10.0. The van der Waals surface area contributed by atoms with Gasteiger partial charge < -0.3 is 49.9 Å². The summed E-state index contributed by atoms with van der Waals surface area (Å²) in [4.78, 5) is 79.3. The van der Waals surface area contributed by atoms with E-state index in [0.29, 0.717) is 0 Å². The number of nitrogens with one attached hydrogen (secondary N) is 4. The topological polar surface area (TPSA) is 293 Å². The summed E-state index contributed by atoms with van der Waals surface area (Å²) in [6.45, 7) is -0.422. The summed E-state index contributed by atoms with van der Waals surface area (Å²) in [6, 6.07) is 13.5. The fourth-order valence-electron chi connectivity index (χ4n) is 4.45. The molecule has 2 aromatic rings. The number of hydrogen-bond donors (Lipinski definition) is 9. The van der Waals surface area contributed by atoms with Crippen LogP contribution in [0, 0.1) is 0 Å². The van der Waals surface area contributed by atoms with Crippen LogP contribution in [0.2, 0.25) is 0 Å². The summed E-state index contributed by atoms with van der Waals surface area (Å²) >= 11 is 0. The number of nitrogens with two attached hydrogens (primary N) is 5. The van der Waals surface area contributed by atoms with Crippen LogP contribution in [0.5, 0.6) is 0 Å². The largest absolute Gasteiger partial charge is 0.370 e. The van der Waals surface area contributed by atoms with Gasteiger partial charge in [-0.3, -0.25) is 33.8 Å². The second-order valence-electron chi connectivity index (χ2n) is 10.8. The van der Waals surface area contributed by atoms with Crippen molar-refractivity contribution in [2.24, 2.45) is 33.7 Å². The Balaban J connectivity index is 2.05. The molecular formula is C31H44N10O6. The maximum atomic E-state index is 13.2. The van der Waals surface area contributed by atoms with Crippen molar-refractivity contribution in [2.75, 3.05) is 13.1 Å². The highest BCUT2D eigenvalue weighted by molar-refractivity contribution is 5.94. The average Bonchev–Trinajstić information content (AvgIpc) is 3.03. The lowest BCUT2D eigenvalue weighted by Gasteiger charge is -2.23. The Morgan fingerprint density at radius 3 is 1.77 bits per heavy atom. The van der Waals surface area contributed by atoms with Crippen molar-refractivity contribution in [1.82, 2.24) is 21.3 Å². The van der Waals surface area contributed by atoms with E-state index < -0.39 is 66.2 Å². The van der Waals surface area contributed by atoms with Crippen molar-refractivity contribution in [3.8, 4) is 0 Å². The molecule has 0 radical (unpaired) electrons. The van der Waals surface area contributed by atoms with Crippen molar-refractivity contribution in [3.63, 3.8) is 0 Å². The first-order valence-electron chi connectivity index (χ1n) is 15.0. The van der Waals surface area contributed by atoms with Gasteiger partial charge in [0.25, 0.3) is 0 Å². The molecular weight excluding hydrogens is 608 g/mol. The van der Waals surface area contributed by atoms with Gasteiger partial charge in [-0.1, -0.05) is 60.7 Å². The Labute approximate surface area is 272 Å². The minimum atomic E-state index is -1.22. The second kappa shape index (κ2) is 19.8. The van der Waals surface area contributed by atoms with Gasteiger partial charge in [-0.25, -0.2) is 0 Å². The maximum Gasteiger partial charge on any atom is 0.243 e. The number of carbonyl (C=O) groups is 6. The molecule has 47 heavy (non-hydrogen) atoms. The third-order valence-corrected chi connectivity index (χ3v) is 6.91. The minimum Gasteiger partial charge on any atom is -0.370 e. The molecule has 0 aromatic heterocycles. The Bertz CT molecular complexity index is 1390. The summed E-state index contributed by atoms with van der Waals surface area (Å²) in [5.74, 6) is -4.46. The highest BCUT2D eigenvalue weighted by Crippen LogP contribution is 2.06. The molecule has 0 fully saturated rings. The first-order chi connectivity index (χ1) is 22.3. The monoisotopic (exact) mass is 652 g/mol. The molecule has 0 bridgehead atoms. The van der Waals surface area contributed by atoms with Crippen molar-refractivity contribution >= 4 is 41.4 Å². The zero-order valence-electron chi connectivity index (χ0n) is 26.0. The molecule has 0 heterocycles. The predicted molar refractivity (Wildman–Crippen MR) is 175 cm³/mol. The number of guanidine groups is 1. The van der Waals surface area contributed by atoms with Crippen molar-refractivity contribution in [3.05, 3.63) is 71.8 Å². The third kappa shape index (κ3) is 14.9. The number of amides is 6. The van der Waals surface area contributed by atoms with Gasteiger partial charge in [-0.15, -0.1) is 0 Å². The maximum absolute atomic E-state index is 13.2. The molecule has 0 spiro atoms. The van der Waals surface area contributed by atoms with E-state index in [1.54, 1.807) is 54.6 Å². The lowest BCUT2D eigenvalue weighted by Crippen LogP contribution is -2.56. The molecule has 2 rings (SSSR count). The van der Waals surface area contributed by atoms with E-state index in [-0.39, 0.29) is 51.0 Å². The van der Waals surface area contributed by atoms with Gasteiger partial charge in [0, 0.05) is 19.4 Å². The Kier molecular flexibility index (Phi) is 15.9. The van der Waals surface area contributed by atoms with Crippen LogP contribution in [-0.4, -0.2) is 78.7 Å². The second-order valence-corrected chi connectivity index (χ2v) is 10.8. The molecule has 2 aromatic carbocycles. The van der Waals surface area contributed by atoms with E-state index in [1.807, 2.05) is 6.07 Å². The van der Waals surface area contributed by atoms with Gasteiger partial charge in [0.2, 0.25) is 35.4 Å². The molecule has 0 saturated carbocycles. The molecule has 6 amide bonds. The van der Waals surface area contributed by atoms with E-state index >= 15 is 0 Å². The number of carbonyl (C=O) groups excluding carboxylic acids is 6. The lowest BCUT2D eigenvalue weighted by molar-refractivity contribution is -0.133. The number of hydrogen-bond acceptors (Lipinski definition) is 8. The van der Waals surface area contributed by atoms with Crippen molar-refractivity contribution in [2.45, 2.75) is 62.7 Å². The SMILES string of the molecule is NC(=O)CC[C@H](NC(=O)[C@@H](N)Cc1ccccc1)C(=O)NCC(=O)N[C@@H](CCCN=C(N)N)C(=O)N[C@@H](Cc1ccccc1)C(N)=O. The van der Waals surface area contributed by atoms with E-state index in [4.69, 9.17) is 28.7 Å². The van der Waals surface area contributed by atoms with Crippen LogP contribution in [0.15, 0.2) is 65.7 Å². The molecule has 0 unspecified atom stereocenters. The van der Waals surface area contributed by atoms with Crippen molar-refractivity contribution < 1.29 is 28.8 Å². The molecule has 14 N–H and O–H groups in total. The number of nitrogens with zero attached hydrogens (tertiary/aromatic N) is 1. The normalized spacial score (nSPS) is 13.1. The highest BCUT2D eigenvalue weighted by atomic mass is 16.2. The number of rotatable bonds is 20. The van der Waals surface area contributed by atoms with Gasteiger partial charge in [0.05, 0.1) is 12.6 Å². The molecule has 16 heteroatoms. The van der Waals surface area contributed by atoms with Crippen LogP contribution in [0.25, 0.3) is 0 Å². The van der Waals surface area contributed by atoms with E-state index in [1.165, 1.54) is 0 Å². The molecule has 0 aliphatic carbocycles. The Morgan fingerprint density at radius 2 is 1.21 bits per heavy atom. The van der Waals surface area contributed by atoms with E-state index in [0.717, 1.165) is 11.1 Å². The van der Waals surface area contributed by atoms with Crippen LogP contribution >= 0.6 is 0 Å². The summed E-state index contributed by atoms with van der Waals surface area (Å²) in [7, 11) is 0. The predicted octanol–water partition coefficient (Wildman–Crippen LogP) is -2.83. The smallest absolute Gasteiger partial charge is 0.243 e. The van der Waals surface area contributed by atoms with Crippen LogP contribution in [0.1, 0.15) is 36.8 Å². The zero-order chi connectivity index (χ0) is 34.8. The first kappa shape index (κ1) is 37.7.